The highest BCUT2D eigenvalue weighted by atomic mass is 16.5. The van der Waals surface area contributed by atoms with Crippen molar-refractivity contribution in [1.29, 1.82) is 0 Å². The SMILES string of the molecule is CCn1ncc(NC(=O)CCc2ccccc2)c(N2CCOCC2)c1=O. The van der Waals surface area contributed by atoms with Crippen LogP contribution in [0.25, 0.3) is 0 Å². The maximum atomic E-state index is 12.7. The van der Waals surface area contributed by atoms with Gasteiger partial charge in [-0.15, -0.1) is 0 Å². The second kappa shape index (κ2) is 8.62. The predicted octanol–water partition coefficient (Wildman–Crippen LogP) is 1.67. The minimum Gasteiger partial charge on any atom is -0.378 e. The fourth-order valence-corrected chi connectivity index (χ4v) is 3.00. The van der Waals surface area contributed by atoms with Gasteiger partial charge in [-0.05, 0) is 18.9 Å². The Morgan fingerprint density at radius 3 is 2.65 bits per heavy atom. The van der Waals surface area contributed by atoms with Crippen molar-refractivity contribution in [3.8, 4) is 0 Å². The van der Waals surface area contributed by atoms with E-state index in [0.29, 0.717) is 57.1 Å². The molecule has 0 unspecified atom stereocenters. The fraction of sp³-hybridized carbons (Fsp3) is 0.421. The Morgan fingerprint density at radius 2 is 1.96 bits per heavy atom. The molecule has 26 heavy (non-hydrogen) atoms. The molecule has 0 bridgehead atoms. The summed E-state index contributed by atoms with van der Waals surface area (Å²) in [5.41, 5.74) is 1.89. The number of carbonyl (C=O) groups excluding carboxylic acids is 1. The average Bonchev–Trinajstić information content (AvgIpc) is 2.68. The molecule has 0 atom stereocenters. The Balaban J connectivity index is 1.76. The third-order valence-electron chi connectivity index (χ3n) is 4.40. The van der Waals surface area contributed by atoms with E-state index in [-0.39, 0.29) is 11.5 Å². The van der Waals surface area contributed by atoms with E-state index in [4.69, 9.17) is 4.74 Å². The van der Waals surface area contributed by atoms with Gasteiger partial charge in [0.05, 0.1) is 25.1 Å². The molecule has 1 aromatic carbocycles. The van der Waals surface area contributed by atoms with Crippen molar-refractivity contribution < 1.29 is 9.53 Å². The zero-order valence-corrected chi connectivity index (χ0v) is 15.0. The molecule has 1 aliphatic rings. The molecule has 1 N–H and O–H groups in total. The molecule has 2 heterocycles. The Bertz CT molecular complexity index is 798. The second-order valence-electron chi connectivity index (χ2n) is 6.16. The van der Waals surface area contributed by atoms with E-state index in [0.717, 1.165) is 5.56 Å². The van der Waals surface area contributed by atoms with Gasteiger partial charge in [-0.2, -0.15) is 5.10 Å². The standard InChI is InChI=1S/C19H24N4O3/c1-2-23-19(25)18(22-10-12-26-13-11-22)16(14-20-23)21-17(24)9-8-15-6-4-3-5-7-15/h3-7,14H,2,8-13H2,1H3,(H,21,24). The molecule has 0 radical (unpaired) electrons. The first-order valence-electron chi connectivity index (χ1n) is 8.95. The Kier molecular flexibility index (Phi) is 6.01. The molecule has 138 valence electrons. The molecule has 0 saturated carbocycles. The highest BCUT2D eigenvalue weighted by Crippen LogP contribution is 2.22. The van der Waals surface area contributed by atoms with Gasteiger partial charge < -0.3 is 15.0 Å². The van der Waals surface area contributed by atoms with Crippen molar-refractivity contribution in [2.45, 2.75) is 26.3 Å². The third kappa shape index (κ3) is 4.29. The van der Waals surface area contributed by atoms with Crippen molar-refractivity contribution in [1.82, 2.24) is 9.78 Å². The number of anilines is 2. The van der Waals surface area contributed by atoms with Crippen molar-refractivity contribution in [3.05, 3.63) is 52.4 Å². The Morgan fingerprint density at radius 1 is 1.23 bits per heavy atom. The molecule has 1 fully saturated rings. The number of benzene rings is 1. The molecule has 0 aliphatic carbocycles. The van der Waals surface area contributed by atoms with E-state index >= 15 is 0 Å². The number of ether oxygens (including phenoxy) is 1. The number of aromatic nitrogens is 2. The number of carbonyl (C=O) groups is 1. The zero-order chi connectivity index (χ0) is 18.4. The third-order valence-corrected chi connectivity index (χ3v) is 4.40. The second-order valence-corrected chi connectivity index (χ2v) is 6.16. The minimum absolute atomic E-state index is 0.126. The molecular formula is C19H24N4O3. The summed E-state index contributed by atoms with van der Waals surface area (Å²) in [6, 6.07) is 9.86. The molecule has 0 spiro atoms. The van der Waals surface area contributed by atoms with Crippen LogP contribution in [0.3, 0.4) is 0 Å². The van der Waals surface area contributed by atoms with E-state index in [1.807, 2.05) is 42.2 Å². The summed E-state index contributed by atoms with van der Waals surface area (Å²) in [5.74, 6) is -0.126. The average molecular weight is 356 g/mol. The summed E-state index contributed by atoms with van der Waals surface area (Å²) in [5, 5.41) is 7.03. The minimum atomic E-state index is -0.185. The van der Waals surface area contributed by atoms with Gasteiger partial charge in [0.25, 0.3) is 5.56 Å². The zero-order valence-electron chi connectivity index (χ0n) is 15.0. The first kappa shape index (κ1) is 18.1. The van der Waals surface area contributed by atoms with Gasteiger partial charge in [0.2, 0.25) is 5.91 Å². The predicted molar refractivity (Wildman–Crippen MR) is 101 cm³/mol. The van der Waals surface area contributed by atoms with E-state index in [9.17, 15) is 9.59 Å². The summed E-state index contributed by atoms with van der Waals surface area (Å²) < 4.78 is 6.78. The number of rotatable bonds is 6. The van der Waals surface area contributed by atoms with Gasteiger partial charge in [0.15, 0.2) is 0 Å². The number of nitrogens with one attached hydrogen (secondary N) is 1. The summed E-state index contributed by atoms with van der Waals surface area (Å²) in [7, 11) is 0. The van der Waals surface area contributed by atoms with Crippen LogP contribution in [0.2, 0.25) is 0 Å². The van der Waals surface area contributed by atoms with Crippen LogP contribution in [0.4, 0.5) is 11.4 Å². The van der Waals surface area contributed by atoms with Crippen molar-refractivity contribution in [3.63, 3.8) is 0 Å². The molecular weight excluding hydrogens is 332 g/mol. The van der Waals surface area contributed by atoms with E-state index < -0.39 is 0 Å². The normalized spacial score (nSPS) is 14.3. The van der Waals surface area contributed by atoms with Gasteiger partial charge in [-0.1, -0.05) is 30.3 Å². The molecule has 1 saturated heterocycles. The number of hydrogen-bond donors (Lipinski definition) is 1. The molecule has 3 rings (SSSR count). The molecule has 7 heteroatoms. The van der Waals surface area contributed by atoms with Crippen LogP contribution in [0.1, 0.15) is 18.9 Å². The van der Waals surface area contributed by atoms with Crippen LogP contribution in [0.5, 0.6) is 0 Å². The monoisotopic (exact) mass is 356 g/mol. The van der Waals surface area contributed by atoms with Gasteiger partial charge in [0.1, 0.15) is 5.69 Å². The molecule has 1 amide bonds. The number of aryl methyl sites for hydroxylation is 2. The van der Waals surface area contributed by atoms with Crippen molar-refractivity contribution >= 4 is 17.3 Å². The number of morpholine rings is 1. The number of nitrogens with zero attached hydrogens (tertiary/aromatic N) is 3. The van der Waals surface area contributed by atoms with Gasteiger partial charge in [0, 0.05) is 26.1 Å². The van der Waals surface area contributed by atoms with E-state index in [1.165, 1.54) is 4.68 Å². The fourth-order valence-electron chi connectivity index (χ4n) is 3.00. The molecule has 1 aromatic heterocycles. The highest BCUT2D eigenvalue weighted by Gasteiger charge is 2.21. The number of amides is 1. The van der Waals surface area contributed by atoms with Crippen LogP contribution >= 0.6 is 0 Å². The van der Waals surface area contributed by atoms with Crippen LogP contribution in [-0.2, 0) is 22.5 Å². The lowest BCUT2D eigenvalue weighted by atomic mass is 10.1. The van der Waals surface area contributed by atoms with Gasteiger partial charge >= 0.3 is 0 Å². The quantitative estimate of drug-likeness (QED) is 0.852. The van der Waals surface area contributed by atoms with Crippen LogP contribution in [-0.4, -0.2) is 42.0 Å². The summed E-state index contributed by atoms with van der Waals surface area (Å²) in [4.78, 5) is 27.1. The van der Waals surface area contributed by atoms with Crippen LogP contribution in [0.15, 0.2) is 41.3 Å². The van der Waals surface area contributed by atoms with Crippen LogP contribution in [0, 0.1) is 0 Å². The Hall–Kier alpha value is -2.67. The summed E-state index contributed by atoms with van der Waals surface area (Å²) in [6.07, 6.45) is 2.57. The van der Waals surface area contributed by atoms with Crippen molar-refractivity contribution in [2.75, 3.05) is 36.5 Å². The highest BCUT2D eigenvalue weighted by molar-refractivity contribution is 5.94. The largest absolute Gasteiger partial charge is 0.378 e. The Labute approximate surface area is 152 Å². The topological polar surface area (TPSA) is 76.5 Å². The first-order valence-corrected chi connectivity index (χ1v) is 8.95. The molecule has 7 nitrogen and oxygen atoms in total. The van der Waals surface area contributed by atoms with Crippen LogP contribution < -0.4 is 15.8 Å². The smallest absolute Gasteiger partial charge is 0.292 e. The summed E-state index contributed by atoms with van der Waals surface area (Å²) >= 11 is 0. The summed E-state index contributed by atoms with van der Waals surface area (Å²) in [6.45, 7) is 4.73. The first-order chi connectivity index (χ1) is 12.7. The van der Waals surface area contributed by atoms with Crippen molar-refractivity contribution in [2.24, 2.45) is 0 Å². The maximum Gasteiger partial charge on any atom is 0.292 e. The lowest BCUT2D eigenvalue weighted by molar-refractivity contribution is -0.116. The molecule has 1 aliphatic heterocycles. The lowest BCUT2D eigenvalue weighted by Crippen LogP contribution is -2.41. The van der Waals surface area contributed by atoms with Gasteiger partial charge in [-0.3, -0.25) is 9.59 Å². The molecule has 2 aromatic rings. The lowest BCUT2D eigenvalue weighted by Gasteiger charge is -2.29. The van der Waals surface area contributed by atoms with E-state index in [2.05, 4.69) is 10.4 Å². The maximum absolute atomic E-state index is 12.7. The number of hydrogen-bond acceptors (Lipinski definition) is 5. The van der Waals surface area contributed by atoms with Gasteiger partial charge in [-0.25, -0.2) is 4.68 Å². The van der Waals surface area contributed by atoms with E-state index in [1.54, 1.807) is 6.20 Å².